The normalized spacial score (nSPS) is 20.3. The third-order valence-electron chi connectivity index (χ3n) is 8.14. The number of carbonyl (C=O) groups excluding carboxylic acids is 2. The minimum absolute atomic E-state index is 0.0323. The maximum Gasteiger partial charge on any atom is 0.410 e. The molecule has 1 aliphatic heterocycles. The molecule has 1 N–H and O–H groups in total. The van der Waals surface area contributed by atoms with Crippen LogP contribution in [0.3, 0.4) is 0 Å². The van der Waals surface area contributed by atoms with Gasteiger partial charge in [-0.15, -0.1) is 10.2 Å². The van der Waals surface area contributed by atoms with Crippen molar-refractivity contribution in [2.75, 3.05) is 13.2 Å². The monoisotopic (exact) mass is 543 g/mol. The number of nitrogens with zero attached hydrogens (tertiary/aromatic N) is 4. The van der Waals surface area contributed by atoms with Crippen molar-refractivity contribution >= 4 is 12.2 Å². The van der Waals surface area contributed by atoms with E-state index in [2.05, 4.69) is 44.3 Å². The molecule has 6 rings (SSSR count). The molecule has 0 radical (unpaired) electrons. The maximum absolute atomic E-state index is 13.1. The van der Waals surface area contributed by atoms with Gasteiger partial charge >= 0.3 is 12.2 Å². The van der Waals surface area contributed by atoms with E-state index in [-0.39, 0.29) is 30.1 Å². The van der Waals surface area contributed by atoms with Gasteiger partial charge in [0.2, 0.25) is 0 Å². The quantitative estimate of drug-likeness (QED) is 0.460. The van der Waals surface area contributed by atoms with Gasteiger partial charge in [0.25, 0.3) is 0 Å². The summed E-state index contributed by atoms with van der Waals surface area (Å²) in [5, 5.41) is 12.0. The summed E-state index contributed by atoms with van der Waals surface area (Å²) in [5.41, 5.74) is 4.30. The van der Waals surface area contributed by atoms with Crippen LogP contribution in [0.15, 0.2) is 48.5 Å². The molecule has 2 aliphatic carbocycles. The van der Waals surface area contributed by atoms with E-state index in [1.165, 1.54) is 22.3 Å². The van der Waals surface area contributed by atoms with E-state index in [0.29, 0.717) is 26.2 Å². The van der Waals surface area contributed by atoms with E-state index in [4.69, 9.17) is 9.47 Å². The fourth-order valence-corrected chi connectivity index (χ4v) is 6.35. The van der Waals surface area contributed by atoms with E-state index in [1.807, 2.05) is 45.0 Å². The number of alkyl carbamates (subject to hydrolysis) is 1. The number of aromatic nitrogens is 3. The molecule has 3 aliphatic rings. The minimum Gasteiger partial charge on any atom is -0.448 e. The Morgan fingerprint density at radius 1 is 0.975 bits per heavy atom. The number of benzene rings is 2. The molecule has 2 atom stereocenters. The third kappa shape index (κ3) is 5.29. The highest BCUT2D eigenvalue weighted by Gasteiger charge is 2.34. The number of rotatable bonds is 4. The van der Waals surface area contributed by atoms with Gasteiger partial charge in [-0.3, -0.25) is 4.90 Å². The summed E-state index contributed by atoms with van der Waals surface area (Å²) in [5.74, 6) is 1.95. The molecule has 210 valence electrons. The molecule has 0 spiro atoms. The van der Waals surface area contributed by atoms with Gasteiger partial charge in [-0.25, -0.2) is 9.59 Å². The van der Waals surface area contributed by atoms with Gasteiger partial charge in [0.1, 0.15) is 18.0 Å². The Hall–Kier alpha value is -3.88. The summed E-state index contributed by atoms with van der Waals surface area (Å²) >= 11 is 0. The lowest BCUT2D eigenvalue weighted by atomic mass is 9.85. The van der Waals surface area contributed by atoms with Crippen LogP contribution in [0.2, 0.25) is 0 Å². The third-order valence-corrected chi connectivity index (χ3v) is 8.14. The zero-order valence-electron chi connectivity index (χ0n) is 23.4. The van der Waals surface area contributed by atoms with Crippen molar-refractivity contribution in [1.82, 2.24) is 25.0 Å². The highest BCUT2D eigenvalue weighted by atomic mass is 16.6. The van der Waals surface area contributed by atoms with Crippen molar-refractivity contribution < 1.29 is 19.1 Å². The molecule has 2 heterocycles. The van der Waals surface area contributed by atoms with E-state index >= 15 is 0 Å². The molecule has 1 fully saturated rings. The highest BCUT2D eigenvalue weighted by Crippen LogP contribution is 2.44. The second-order valence-electron chi connectivity index (χ2n) is 12.1. The Balaban J connectivity index is 1.07. The minimum atomic E-state index is -0.524. The number of nitrogens with one attached hydrogen (secondary N) is 1. The topological polar surface area (TPSA) is 98.6 Å². The summed E-state index contributed by atoms with van der Waals surface area (Å²) in [6.45, 7) is 7.44. The van der Waals surface area contributed by atoms with E-state index < -0.39 is 5.60 Å². The summed E-state index contributed by atoms with van der Waals surface area (Å²) in [6, 6.07) is 16.7. The predicted octanol–water partition coefficient (Wildman–Crippen LogP) is 5.59. The van der Waals surface area contributed by atoms with Crippen LogP contribution in [0.25, 0.3) is 11.1 Å². The zero-order valence-corrected chi connectivity index (χ0v) is 23.4. The first-order chi connectivity index (χ1) is 19.3. The largest absolute Gasteiger partial charge is 0.448 e. The van der Waals surface area contributed by atoms with Crippen molar-refractivity contribution in [3.05, 3.63) is 71.3 Å². The van der Waals surface area contributed by atoms with Gasteiger partial charge in [0.15, 0.2) is 5.82 Å². The average molecular weight is 544 g/mol. The smallest absolute Gasteiger partial charge is 0.410 e. The summed E-state index contributed by atoms with van der Waals surface area (Å²) in [6.07, 6.45) is 3.02. The molecule has 0 unspecified atom stereocenters. The van der Waals surface area contributed by atoms with Gasteiger partial charge in [-0.2, -0.15) is 0 Å². The maximum atomic E-state index is 13.1. The first-order valence-electron chi connectivity index (χ1n) is 14.3. The molecule has 0 saturated heterocycles. The number of amides is 2. The highest BCUT2D eigenvalue weighted by molar-refractivity contribution is 5.79. The first kappa shape index (κ1) is 26.3. The van der Waals surface area contributed by atoms with Crippen LogP contribution in [0, 0.1) is 0 Å². The Morgan fingerprint density at radius 3 is 2.38 bits per heavy atom. The number of hydrogen-bond acceptors (Lipinski definition) is 6. The molecule has 1 saturated carbocycles. The molecule has 3 aromatic rings. The molecule has 9 heteroatoms. The van der Waals surface area contributed by atoms with Crippen molar-refractivity contribution in [2.45, 2.75) is 83.0 Å². The Labute approximate surface area is 234 Å². The Morgan fingerprint density at radius 2 is 1.68 bits per heavy atom. The van der Waals surface area contributed by atoms with Crippen LogP contribution in [0.4, 0.5) is 9.59 Å². The average Bonchev–Trinajstić information content (AvgIpc) is 3.50. The van der Waals surface area contributed by atoms with Crippen LogP contribution in [-0.4, -0.2) is 56.6 Å². The number of ether oxygens (including phenoxy) is 2. The molecule has 1 aromatic heterocycles. The summed E-state index contributed by atoms with van der Waals surface area (Å²) in [4.78, 5) is 27.1. The fourth-order valence-electron chi connectivity index (χ4n) is 6.35. The van der Waals surface area contributed by atoms with E-state index in [0.717, 1.165) is 37.3 Å². The predicted molar refractivity (Wildman–Crippen MR) is 150 cm³/mol. The van der Waals surface area contributed by atoms with Gasteiger partial charge in [0.05, 0.1) is 6.54 Å². The SMILES string of the molecule is CC(C)(C)OC(=O)N[C@@H]1CCC[C@H](c2nnc3n2CCN(C(=O)OCC2c4ccccc4-c4ccccc42)C3)C1. The molecular formula is C31H37N5O4. The molecule has 2 aromatic carbocycles. The lowest BCUT2D eigenvalue weighted by Gasteiger charge is -2.32. The summed E-state index contributed by atoms with van der Waals surface area (Å²) in [7, 11) is 0. The zero-order chi connectivity index (χ0) is 27.9. The number of fused-ring (bicyclic) bond motifs is 4. The van der Waals surface area contributed by atoms with Crippen LogP contribution in [0.5, 0.6) is 0 Å². The second kappa shape index (κ2) is 10.6. The van der Waals surface area contributed by atoms with Crippen molar-refractivity contribution in [2.24, 2.45) is 0 Å². The molecular weight excluding hydrogens is 506 g/mol. The Kier molecular flexibility index (Phi) is 6.98. The second-order valence-corrected chi connectivity index (χ2v) is 12.1. The molecule has 40 heavy (non-hydrogen) atoms. The summed E-state index contributed by atoms with van der Waals surface area (Å²) < 4.78 is 13.5. The van der Waals surface area contributed by atoms with E-state index in [1.54, 1.807) is 4.90 Å². The van der Waals surface area contributed by atoms with Crippen molar-refractivity contribution in [3.63, 3.8) is 0 Å². The fraction of sp³-hybridized carbons (Fsp3) is 0.484. The van der Waals surface area contributed by atoms with Crippen molar-refractivity contribution in [1.29, 1.82) is 0 Å². The first-order valence-corrected chi connectivity index (χ1v) is 14.3. The molecule has 9 nitrogen and oxygen atoms in total. The van der Waals surface area contributed by atoms with Crippen LogP contribution in [0.1, 0.15) is 81.1 Å². The molecule has 2 amide bonds. The van der Waals surface area contributed by atoms with Crippen LogP contribution < -0.4 is 5.32 Å². The number of carbonyl (C=O) groups is 2. The lowest BCUT2D eigenvalue weighted by Crippen LogP contribution is -2.42. The lowest BCUT2D eigenvalue weighted by molar-refractivity contribution is 0.0489. The van der Waals surface area contributed by atoms with Crippen molar-refractivity contribution in [3.8, 4) is 11.1 Å². The number of hydrogen-bond donors (Lipinski definition) is 1. The molecule has 0 bridgehead atoms. The van der Waals surface area contributed by atoms with E-state index in [9.17, 15) is 9.59 Å². The van der Waals surface area contributed by atoms with Gasteiger partial charge < -0.3 is 19.4 Å². The van der Waals surface area contributed by atoms with Gasteiger partial charge in [-0.05, 0) is 62.3 Å². The Bertz CT molecular complexity index is 1370. The van der Waals surface area contributed by atoms with Gasteiger partial charge in [0, 0.05) is 31.0 Å². The van der Waals surface area contributed by atoms with Gasteiger partial charge in [-0.1, -0.05) is 55.0 Å². The van der Waals surface area contributed by atoms with Crippen LogP contribution in [-0.2, 0) is 22.6 Å². The standard InChI is InChI=1S/C31H37N5O4/c1-31(2,3)40-29(37)32-21-10-8-9-20(17-21)28-34-33-27-18-35(15-16-36(27)28)30(38)39-19-26-24-13-6-4-11-22(24)23-12-5-7-14-25(23)26/h4-7,11-14,20-21,26H,8-10,15-19H2,1-3H3,(H,32,37)/t20-,21+/m0/s1. The van der Waals surface area contributed by atoms with Crippen LogP contribution >= 0.6 is 0 Å².